The van der Waals surface area contributed by atoms with Crippen LogP contribution in [0.25, 0.3) is 11.1 Å². The Hall–Kier alpha value is -2.55. The summed E-state index contributed by atoms with van der Waals surface area (Å²) in [6.07, 6.45) is 1.78. The Balaban J connectivity index is 1.84. The topological polar surface area (TPSA) is 68.6 Å². The van der Waals surface area contributed by atoms with Crippen LogP contribution in [-0.4, -0.2) is 43.5 Å². The lowest BCUT2D eigenvalue weighted by Gasteiger charge is -2.18. The van der Waals surface area contributed by atoms with Crippen molar-refractivity contribution in [1.82, 2.24) is 8.87 Å². The Morgan fingerprint density at radius 1 is 0.970 bits per heavy atom. The molecule has 0 saturated carbocycles. The number of hydrogen-bond acceptors (Lipinski definition) is 5. The summed E-state index contributed by atoms with van der Waals surface area (Å²) >= 11 is 1.44. The Morgan fingerprint density at radius 2 is 1.61 bits per heavy atom. The number of carbonyl (C=O) groups is 1. The van der Waals surface area contributed by atoms with Crippen molar-refractivity contribution in [2.24, 2.45) is 0 Å². The maximum Gasteiger partial charge on any atom is 0.325 e. The highest BCUT2D eigenvalue weighted by molar-refractivity contribution is 8.00. The maximum atomic E-state index is 13.4. The van der Waals surface area contributed by atoms with Crippen LogP contribution in [0, 0.1) is 13.8 Å². The molecule has 0 bridgehead atoms. The lowest BCUT2D eigenvalue weighted by atomic mass is 10.1. The zero-order valence-electron chi connectivity index (χ0n) is 19.1. The third-order valence-electron chi connectivity index (χ3n) is 6.05. The SMILES string of the molecule is COC(=O)Cn1c(C)c(Sc2ccccc2S(=O)(=O)N2CCCC2)c(-c2ccccc2)c1C. The van der Waals surface area contributed by atoms with Gasteiger partial charge < -0.3 is 9.30 Å². The molecule has 1 saturated heterocycles. The average Bonchev–Trinajstić information content (AvgIpc) is 3.44. The van der Waals surface area contributed by atoms with Crippen LogP contribution in [0.5, 0.6) is 0 Å². The van der Waals surface area contributed by atoms with Crippen molar-refractivity contribution in [3.05, 3.63) is 66.0 Å². The Kier molecular flexibility index (Phi) is 6.97. The number of methoxy groups -OCH3 is 1. The molecule has 8 heteroatoms. The van der Waals surface area contributed by atoms with E-state index >= 15 is 0 Å². The molecule has 1 fully saturated rings. The van der Waals surface area contributed by atoms with E-state index in [-0.39, 0.29) is 12.5 Å². The Morgan fingerprint density at radius 3 is 2.27 bits per heavy atom. The van der Waals surface area contributed by atoms with Crippen LogP contribution in [-0.2, 0) is 26.1 Å². The second-order valence-corrected chi connectivity index (χ2v) is 11.0. The lowest BCUT2D eigenvalue weighted by Crippen LogP contribution is -2.28. The predicted octanol–water partition coefficient (Wildman–Crippen LogP) is 4.88. The first-order valence-electron chi connectivity index (χ1n) is 10.9. The zero-order valence-corrected chi connectivity index (χ0v) is 20.7. The molecule has 33 heavy (non-hydrogen) atoms. The number of ether oxygens (including phenoxy) is 1. The van der Waals surface area contributed by atoms with Crippen molar-refractivity contribution >= 4 is 27.8 Å². The second kappa shape index (κ2) is 9.75. The van der Waals surface area contributed by atoms with Gasteiger partial charge in [0.05, 0.1) is 12.0 Å². The van der Waals surface area contributed by atoms with Crippen molar-refractivity contribution < 1.29 is 17.9 Å². The van der Waals surface area contributed by atoms with Gasteiger partial charge >= 0.3 is 5.97 Å². The summed E-state index contributed by atoms with van der Waals surface area (Å²) in [7, 11) is -2.20. The van der Waals surface area contributed by atoms with Crippen molar-refractivity contribution in [2.75, 3.05) is 20.2 Å². The summed E-state index contributed by atoms with van der Waals surface area (Å²) in [5.41, 5.74) is 3.85. The molecule has 4 rings (SSSR count). The summed E-state index contributed by atoms with van der Waals surface area (Å²) in [5.74, 6) is -0.329. The quantitative estimate of drug-likeness (QED) is 0.447. The van der Waals surface area contributed by atoms with E-state index in [9.17, 15) is 13.2 Å². The first kappa shape index (κ1) is 23.6. The Bertz CT molecular complexity index is 1260. The van der Waals surface area contributed by atoms with E-state index in [1.807, 2.05) is 60.9 Å². The van der Waals surface area contributed by atoms with Gasteiger partial charge in [-0.2, -0.15) is 4.31 Å². The molecule has 0 atom stereocenters. The van der Waals surface area contributed by atoms with Crippen molar-refractivity contribution in [3.63, 3.8) is 0 Å². The van der Waals surface area contributed by atoms with Gasteiger partial charge in [0, 0.05) is 39.8 Å². The smallest absolute Gasteiger partial charge is 0.325 e. The molecule has 0 radical (unpaired) electrons. The van der Waals surface area contributed by atoms with E-state index in [0.717, 1.165) is 40.3 Å². The molecular formula is C25H28N2O4S2. The van der Waals surface area contributed by atoms with Gasteiger partial charge in [-0.15, -0.1) is 0 Å². The summed E-state index contributed by atoms with van der Waals surface area (Å²) in [6, 6.07) is 17.1. The minimum Gasteiger partial charge on any atom is -0.468 e. The molecule has 0 N–H and O–H groups in total. The number of carbonyl (C=O) groups excluding carboxylic acids is 1. The third kappa shape index (κ3) is 4.60. The number of aromatic nitrogens is 1. The van der Waals surface area contributed by atoms with Crippen molar-refractivity contribution in [3.8, 4) is 11.1 Å². The number of hydrogen-bond donors (Lipinski definition) is 0. The molecule has 0 spiro atoms. The van der Waals surface area contributed by atoms with E-state index < -0.39 is 10.0 Å². The summed E-state index contributed by atoms with van der Waals surface area (Å²) in [6.45, 7) is 5.16. The van der Waals surface area contributed by atoms with Gasteiger partial charge in [-0.1, -0.05) is 54.2 Å². The standard InChI is InChI=1S/C25H28N2O4S2/c1-18-24(20-11-5-4-6-12-20)25(19(2)27(18)17-23(28)31-3)32-21-13-7-8-14-22(21)33(29,30)26-15-9-10-16-26/h4-8,11-14H,9-10,15-17H2,1-3H3. The van der Waals surface area contributed by atoms with Crippen LogP contribution in [0.2, 0.25) is 0 Å². The first-order valence-corrected chi connectivity index (χ1v) is 13.2. The molecule has 0 aliphatic carbocycles. The monoisotopic (exact) mass is 484 g/mol. The van der Waals surface area contributed by atoms with Crippen molar-refractivity contribution in [1.29, 1.82) is 0 Å². The average molecular weight is 485 g/mol. The highest BCUT2D eigenvalue weighted by Crippen LogP contribution is 2.44. The fraction of sp³-hybridized carbons (Fsp3) is 0.320. The van der Waals surface area contributed by atoms with Gasteiger partial charge in [-0.3, -0.25) is 4.79 Å². The predicted molar refractivity (Wildman–Crippen MR) is 130 cm³/mol. The van der Waals surface area contributed by atoms with Gasteiger partial charge in [0.1, 0.15) is 6.54 Å². The molecule has 1 aliphatic heterocycles. The number of benzene rings is 2. The molecule has 3 aromatic rings. The summed E-state index contributed by atoms with van der Waals surface area (Å²) in [5, 5.41) is 0. The number of rotatable bonds is 7. The molecule has 0 amide bonds. The minimum absolute atomic E-state index is 0.0995. The van der Waals surface area contributed by atoms with E-state index in [1.165, 1.54) is 18.9 Å². The Labute approximate surface area is 199 Å². The van der Waals surface area contributed by atoms with Crippen LogP contribution < -0.4 is 0 Å². The molecule has 0 unspecified atom stereocenters. The normalized spacial score (nSPS) is 14.5. The molecule has 174 valence electrons. The molecular weight excluding hydrogens is 456 g/mol. The van der Waals surface area contributed by atoms with Gasteiger partial charge in [-0.05, 0) is 44.4 Å². The van der Waals surface area contributed by atoms with Gasteiger partial charge in [0.25, 0.3) is 0 Å². The third-order valence-corrected chi connectivity index (χ3v) is 9.41. The van der Waals surface area contributed by atoms with Crippen LogP contribution in [0.15, 0.2) is 69.3 Å². The highest BCUT2D eigenvalue weighted by Gasteiger charge is 2.30. The highest BCUT2D eigenvalue weighted by atomic mass is 32.2. The van der Waals surface area contributed by atoms with E-state index in [2.05, 4.69) is 0 Å². The molecule has 6 nitrogen and oxygen atoms in total. The molecule has 1 aliphatic rings. The maximum absolute atomic E-state index is 13.4. The molecule has 1 aromatic heterocycles. The van der Waals surface area contributed by atoms with Crippen LogP contribution in [0.4, 0.5) is 0 Å². The lowest BCUT2D eigenvalue weighted by molar-refractivity contribution is -0.141. The summed E-state index contributed by atoms with van der Waals surface area (Å²) in [4.78, 5) is 14.0. The fourth-order valence-corrected chi connectivity index (χ4v) is 7.47. The number of sulfonamides is 1. The van der Waals surface area contributed by atoms with E-state index in [0.29, 0.717) is 22.9 Å². The molecule has 2 aromatic carbocycles. The fourth-order valence-electron chi connectivity index (χ4n) is 4.28. The second-order valence-electron chi connectivity index (χ2n) is 8.06. The van der Waals surface area contributed by atoms with E-state index in [4.69, 9.17) is 4.74 Å². The van der Waals surface area contributed by atoms with Crippen LogP contribution in [0.1, 0.15) is 24.2 Å². The number of esters is 1. The van der Waals surface area contributed by atoms with Gasteiger partial charge in [-0.25, -0.2) is 8.42 Å². The first-order chi connectivity index (χ1) is 15.8. The largest absolute Gasteiger partial charge is 0.468 e. The van der Waals surface area contributed by atoms with Crippen molar-refractivity contribution in [2.45, 2.75) is 47.9 Å². The van der Waals surface area contributed by atoms with Gasteiger partial charge in [0.2, 0.25) is 10.0 Å². The minimum atomic E-state index is -3.57. The van der Waals surface area contributed by atoms with Gasteiger partial charge in [0.15, 0.2) is 0 Å². The van der Waals surface area contributed by atoms with Crippen LogP contribution >= 0.6 is 11.8 Å². The van der Waals surface area contributed by atoms with Crippen LogP contribution in [0.3, 0.4) is 0 Å². The summed E-state index contributed by atoms with van der Waals surface area (Å²) < 4.78 is 35.2. The van der Waals surface area contributed by atoms with E-state index in [1.54, 1.807) is 16.4 Å². The molecule has 2 heterocycles. The number of nitrogens with zero attached hydrogens (tertiary/aromatic N) is 2. The zero-order chi connectivity index (χ0) is 23.6.